The molecular formula is C15H15NO4. The molecular weight excluding hydrogens is 258 g/mol. The molecule has 3 rings (SSSR count). The Hall–Kier alpha value is -2.30. The van der Waals surface area contributed by atoms with E-state index in [9.17, 15) is 4.79 Å². The largest absolute Gasteiger partial charge is 0.487 e. The highest BCUT2D eigenvalue weighted by molar-refractivity contribution is 5.86. The molecule has 0 bridgehead atoms. The number of hydrogen-bond acceptors (Lipinski definition) is 5. The Balaban J connectivity index is 1.88. The van der Waals surface area contributed by atoms with Crippen molar-refractivity contribution in [1.82, 2.24) is 0 Å². The fraction of sp³-hybridized carbons (Fsp3) is 0.333. The minimum atomic E-state index is -0.333. The molecule has 0 N–H and O–H groups in total. The first-order valence-electron chi connectivity index (χ1n) is 6.63. The van der Waals surface area contributed by atoms with Gasteiger partial charge in [0.2, 0.25) is 0 Å². The smallest absolute Gasteiger partial charge is 0.336 e. The minimum Gasteiger partial charge on any atom is -0.487 e. The predicted octanol–water partition coefficient (Wildman–Crippen LogP) is 2.51. The van der Waals surface area contributed by atoms with Gasteiger partial charge in [0.05, 0.1) is 5.71 Å². The normalized spacial score (nSPS) is 14.2. The van der Waals surface area contributed by atoms with Gasteiger partial charge in [0, 0.05) is 23.9 Å². The molecule has 104 valence electrons. The highest BCUT2D eigenvalue weighted by Crippen LogP contribution is 2.23. The molecule has 0 amide bonds. The van der Waals surface area contributed by atoms with Crippen LogP contribution in [-0.4, -0.2) is 18.9 Å². The molecule has 2 aromatic rings. The molecule has 0 atom stereocenters. The zero-order chi connectivity index (χ0) is 13.9. The maximum atomic E-state index is 11.5. The molecule has 0 unspecified atom stereocenters. The average molecular weight is 273 g/mol. The van der Waals surface area contributed by atoms with Gasteiger partial charge in [-0.05, 0) is 24.1 Å². The molecule has 5 nitrogen and oxygen atoms in total. The molecule has 0 fully saturated rings. The van der Waals surface area contributed by atoms with E-state index in [1.807, 2.05) is 19.1 Å². The summed E-state index contributed by atoms with van der Waals surface area (Å²) in [5.41, 5.74) is 2.08. The fourth-order valence-corrected chi connectivity index (χ4v) is 2.20. The quantitative estimate of drug-likeness (QED) is 0.803. The molecule has 1 aliphatic rings. The summed E-state index contributed by atoms with van der Waals surface area (Å²) in [4.78, 5) is 16.4. The number of hydrogen-bond donors (Lipinski definition) is 0. The Morgan fingerprint density at radius 2 is 2.25 bits per heavy atom. The topological polar surface area (TPSA) is 61.0 Å². The van der Waals surface area contributed by atoms with Gasteiger partial charge in [-0.25, -0.2) is 4.79 Å². The lowest BCUT2D eigenvalue weighted by Gasteiger charge is -2.07. The zero-order valence-electron chi connectivity index (χ0n) is 11.2. The van der Waals surface area contributed by atoms with E-state index in [4.69, 9.17) is 14.0 Å². The van der Waals surface area contributed by atoms with Crippen molar-refractivity contribution in [2.24, 2.45) is 5.16 Å². The van der Waals surface area contributed by atoms with Crippen molar-refractivity contribution in [3.8, 4) is 5.75 Å². The van der Waals surface area contributed by atoms with E-state index >= 15 is 0 Å². The number of rotatable bonds is 4. The van der Waals surface area contributed by atoms with Gasteiger partial charge < -0.3 is 14.0 Å². The second kappa shape index (κ2) is 5.36. The van der Waals surface area contributed by atoms with E-state index in [2.05, 4.69) is 5.16 Å². The Morgan fingerprint density at radius 1 is 1.35 bits per heavy atom. The number of benzene rings is 1. The van der Waals surface area contributed by atoms with E-state index in [1.165, 1.54) is 6.07 Å². The molecule has 1 aromatic heterocycles. The average Bonchev–Trinajstić information content (AvgIpc) is 2.97. The van der Waals surface area contributed by atoms with Crippen molar-refractivity contribution in [1.29, 1.82) is 0 Å². The zero-order valence-corrected chi connectivity index (χ0v) is 11.2. The van der Waals surface area contributed by atoms with Crippen molar-refractivity contribution < 1.29 is 14.0 Å². The Labute approximate surface area is 115 Å². The van der Waals surface area contributed by atoms with Crippen LogP contribution in [0.4, 0.5) is 0 Å². The lowest BCUT2D eigenvalue weighted by Crippen LogP contribution is -2.09. The summed E-state index contributed by atoms with van der Waals surface area (Å²) >= 11 is 0. The molecule has 1 aromatic carbocycles. The van der Waals surface area contributed by atoms with Crippen molar-refractivity contribution in [2.75, 3.05) is 13.2 Å². The van der Waals surface area contributed by atoms with Crippen molar-refractivity contribution in [2.45, 2.75) is 19.8 Å². The van der Waals surface area contributed by atoms with E-state index < -0.39 is 0 Å². The van der Waals surface area contributed by atoms with E-state index in [0.717, 1.165) is 29.5 Å². The summed E-state index contributed by atoms with van der Waals surface area (Å²) in [6.07, 6.45) is 1.58. The first-order valence-corrected chi connectivity index (χ1v) is 6.63. The Morgan fingerprint density at radius 3 is 3.00 bits per heavy atom. The molecule has 0 spiro atoms. The molecule has 20 heavy (non-hydrogen) atoms. The van der Waals surface area contributed by atoms with Gasteiger partial charge in [-0.3, -0.25) is 0 Å². The molecule has 1 aliphatic heterocycles. The second-order valence-electron chi connectivity index (χ2n) is 4.63. The van der Waals surface area contributed by atoms with E-state index in [-0.39, 0.29) is 5.63 Å². The summed E-state index contributed by atoms with van der Waals surface area (Å²) in [6.45, 7) is 3.02. The molecule has 0 saturated carbocycles. The first kappa shape index (κ1) is 12.7. The van der Waals surface area contributed by atoms with Crippen LogP contribution < -0.4 is 10.4 Å². The Bertz CT molecular complexity index is 717. The van der Waals surface area contributed by atoms with Crippen LogP contribution in [0.1, 0.15) is 18.9 Å². The van der Waals surface area contributed by atoms with Gasteiger partial charge in [-0.1, -0.05) is 12.1 Å². The third kappa shape index (κ3) is 2.52. The maximum absolute atomic E-state index is 11.5. The number of ether oxygens (including phenoxy) is 1. The molecule has 0 radical (unpaired) electrons. The monoisotopic (exact) mass is 273 g/mol. The number of aryl methyl sites for hydroxylation is 1. The highest BCUT2D eigenvalue weighted by atomic mass is 16.6. The molecule has 5 heteroatoms. The number of fused-ring (bicyclic) bond motifs is 1. The third-order valence-electron chi connectivity index (χ3n) is 3.26. The van der Waals surface area contributed by atoms with Crippen LogP contribution in [0, 0.1) is 0 Å². The van der Waals surface area contributed by atoms with Crippen LogP contribution in [0.15, 0.2) is 38.6 Å². The maximum Gasteiger partial charge on any atom is 0.336 e. The van der Waals surface area contributed by atoms with Gasteiger partial charge in [-0.2, -0.15) is 0 Å². The summed E-state index contributed by atoms with van der Waals surface area (Å²) < 4.78 is 10.9. The number of oxime groups is 1. The molecule has 0 aliphatic carbocycles. The lowest BCUT2D eigenvalue weighted by molar-refractivity contribution is 0.173. The van der Waals surface area contributed by atoms with Crippen LogP contribution in [0.2, 0.25) is 0 Å². The first-order chi connectivity index (χ1) is 9.76. The number of nitrogens with zero attached hydrogens (tertiary/aromatic N) is 1. The molecule has 2 heterocycles. The van der Waals surface area contributed by atoms with Crippen LogP contribution >= 0.6 is 0 Å². The van der Waals surface area contributed by atoms with Crippen molar-refractivity contribution in [3.05, 3.63) is 40.2 Å². The third-order valence-corrected chi connectivity index (χ3v) is 3.26. The summed E-state index contributed by atoms with van der Waals surface area (Å²) in [5, 5.41) is 4.82. The van der Waals surface area contributed by atoms with E-state index in [0.29, 0.717) is 24.5 Å². The molecule has 0 saturated heterocycles. The van der Waals surface area contributed by atoms with Gasteiger partial charge in [0.1, 0.15) is 24.5 Å². The SMILES string of the molecule is CCc1cc(=O)oc2cc(OCC3=NOCC3)ccc12. The minimum absolute atomic E-state index is 0.333. The van der Waals surface area contributed by atoms with E-state index in [1.54, 1.807) is 6.07 Å². The summed E-state index contributed by atoms with van der Waals surface area (Å²) in [6, 6.07) is 7.07. The Kier molecular flexibility index (Phi) is 3.41. The van der Waals surface area contributed by atoms with Gasteiger partial charge in [0.15, 0.2) is 0 Å². The van der Waals surface area contributed by atoms with Crippen LogP contribution in [-0.2, 0) is 11.3 Å². The van der Waals surface area contributed by atoms with Gasteiger partial charge >= 0.3 is 5.63 Å². The van der Waals surface area contributed by atoms with Crippen LogP contribution in [0.5, 0.6) is 5.75 Å². The van der Waals surface area contributed by atoms with Crippen molar-refractivity contribution >= 4 is 16.7 Å². The standard InChI is InChI=1S/C15H15NO4/c1-2-10-7-15(17)20-14-8-12(3-4-13(10)14)18-9-11-5-6-19-16-11/h3-4,7-8H,2,5-6,9H2,1H3. The van der Waals surface area contributed by atoms with Crippen LogP contribution in [0.3, 0.4) is 0 Å². The lowest BCUT2D eigenvalue weighted by atomic mass is 10.1. The van der Waals surface area contributed by atoms with Gasteiger partial charge in [0.25, 0.3) is 0 Å². The second-order valence-corrected chi connectivity index (χ2v) is 4.63. The van der Waals surface area contributed by atoms with Crippen LogP contribution in [0.25, 0.3) is 11.0 Å². The van der Waals surface area contributed by atoms with Crippen molar-refractivity contribution in [3.63, 3.8) is 0 Å². The predicted molar refractivity (Wildman–Crippen MR) is 75.4 cm³/mol. The van der Waals surface area contributed by atoms with Gasteiger partial charge in [-0.15, -0.1) is 0 Å². The summed E-state index contributed by atoms with van der Waals surface area (Å²) in [7, 11) is 0. The fourth-order valence-electron chi connectivity index (χ4n) is 2.20. The summed E-state index contributed by atoms with van der Waals surface area (Å²) in [5.74, 6) is 0.656. The highest BCUT2D eigenvalue weighted by Gasteiger charge is 2.10.